The van der Waals surface area contributed by atoms with Gasteiger partial charge >= 0.3 is 0 Å². The zero-order valence-electron chi connectivity index (χ0n) is 10.0. The van der Waals surface area contributed by atoms with Crippen molar-refractivity contribution >= 4 is 5.69 Å². The van der Waals surface area contributed by atoms with Gasteiger partial charge in [0.1, 0.15) is 11.9 Å². The van der Waals surface area contributed by atoms with E-state index in [9.17, 15) is 4.39 Å². The second kappa shape index (κ2) is 4.94. The maximum Gasteiger partial charge on any atom is 0.258 e. The molecule has 2 N–H and O–H groups in total. The molecular formula is C12H12FN3O3. The number of rotatable bonds is 2. The molecule has 1 saturated heterocycles. The number of benzene rings is 1. The zero-order valence-corrected chi connectivity index (χ0v) is 10.0. The van der Waals surface area contributed by atoms with E-state index in [1.54, 1.807) is 6.07 Å². The Balaban J connectivity index is 1.85. The van der Waals surface area contributed by atoms with Gasteiger partial charge < -0.3 is 19.7 Å². The molecule has 19 heavy (non-hydrogen) atoms. The minimum absolute atomic E-state index is 0.0764. The van der Waals surface area contributed by atoms with E-state index >= 15 is 0 Å². The molecule has 1 atom stereocenters. The average molecular weight is 265 g/mol. The normalized spacial score (nSPS) is 19.5. The lowest BCUT2D eigenvalue weighted by Crippen LogP contribution is -2.22. The van der Waals surface area contributed by atoms with Crippen LogP contribution in [0.15, 0.2) is 22.7 Å². The second-order valence-electron chi connectivity index (χ2n) is 4.13. The Morgan fingerprint density at radius 3 is 2.95 bits per heavy atom. The lowest BCUT2D eigenvalue weighted by Gasteiger charge is -2.19. The molecule has 7 heteroatoms. The van der Waals surface area contributed by atoms with E-state index in [1.165, 1.54) is 12.1 Å². The molecule has 2 heterocycles. The minimum Gasteiger partial charge on any atom is -0.396 e. The highest BCUT2D eigenvalue weighted by atomic mass is 19.1. The smallest absolute Gasteiger partial charge is 0.258 e. The van der Waals surface area contributed by atoms with E-state index in [2.05, 4.69) is 10.1 Å². The topological polar surface area (TPSA) is 83.4 Å². The van der Waals surface area contributed by atoms with Crippen LogP contribution in [0.3, 0.4) is 0 Å². The van der Waals surface area contributed by atoms with E-state index in [0.29, 0.717) is 31.2 Å². The van der Waals surface area contributed by atoms with Crippen molar-refractivity contribution in [3.63, 3.8) is 0 Å². The van der Waals surface area contributed by atoms with Crippen LogP contribution in [0.25, 0.3) is 11.5 Å². The summed E-state index contributed by atoms with van der Waals surface area (Å²) >= 11 is 0. The summed E-state index contributed by atoms with van der Waals surface area (Å²) in [6.07, 6.45) is -0.343. The summed E-state index contributed by atoms with van der Waals surface area (Å²) in [5, 5.41) is 3.82. The van der Waals surface area contributed by atoms with Crippen molar-refractivity contribution in [2.75, 3.05) is 25.6 Å². The molecule has 0 saturated carbocycles. The fourth-order valence-electron chi connectivity index (χ4n) is 1.78. The van der Waals surface area contributed by atoms with Crippen LogP contribution in [-0.2, 0) is 9.47 Å². The zero-order chi connectivity index (χ0) is 13.2. The van der Waals surface area contributed by atoms with Crippen molar-refractivity contribution in [1.82, 2.24) is 10.1 Å². The highest BCUT2D eigenvalue weighted by Crippen LogP contribution is 2.24. The van der Waals surface area contributed by atoms with Crippen LogP contribution in [0, 0.1) is 5.82 Å². The van der Waals surface area contributed by atoms with Gasteiger partial charge in [-0.2, -0.15) is 4.98 Å². The van der Waals surface area contributed by atoms with Crippen LogP contribution in [0.2, 0.25) is 0 Å². The number of hydrogen-bond donors (Lipinski definition) is 1. The number of nitrogens with zero attached hydrogens (tertiary/aromatic N) is 2. The molecule has 0 amide bonds. The minimum atomic E-state index is -0.519. The Bertz CT molecular complexity index is 581. The van der Waals surface area contributed by atoms with E-state index < -0.39 is 5.82 Å². The van der Waals surface area contributed by atoms with E-state index in [-0.39, 0.29) is 17.7 Å². The molecule has 1 fully saturated rings. The van der Waals surface area contributed by atoms with Crippen LogP contribution in [0.5, 0.6) is 0 Å². The number of nitrogen functional groups attached to an aromatic ring is 1. The Hall–Kier alpha value is -1.99. The predicted molar refractivity (Wildman–Crippen MR) is 63.6 cm³/mol. The first-order valence-corrected chi connectivity index (χ1v) is 5.82. The average Bonchev–Trinajstić information content (AvgIpc) is 2.93. The molecular weight excluding hydrogens is 253 g/mol. The van der Waals surface area contributed by atoms with Gasteiger partial charge in [-0.1, -0.05) is 5.16 Å². The molecule has 1 aromatic heterocycles. The Labute approximate surface area is 108 Å². The summed E-state index contributed by atoms with van der Waals surface area (Å²) in [7, 11) is 0. The largest absolute Gasteiger partial charge is 0.396 e. The van der Waals surface area contributed by atoms with Gasteiger partial charge in [-0.3, -0.25) is 0 Å². The summed E-state index contributed by atoms with van der Waals surface area (Å²) < 4.78 is 29.2. The molecule has 1 unspecified atom stereocenters. The van der Waals surface area contributed by atoms with Crippen LogP contribution in [0.1, 0.15) is 11.9 Å². The van der Waals surface area contributed by atoms with Crippen LogP contribution < -0.4 is 5.73 Å². The third kappa shape index (κ3) is 2.42. The predicted octanol–water partition coefficient (Wildman–Crippen LogP) is 1.55. The molecule has 1 aliphatic rings. The maximum atomic E-state index is 13.4. The first kappa shape index (κ1) is 12.1. The second-order valence-corrected chi connectivity index (χ2v) is 4.13. The fourth-order valence-corrected chi connectivity index (χ4v) is 1.78. The SMILES string of the molecule is Nc1ccc(-c2nc(C3COCCO3)no2)cc1F. The van der Waals surface area contributed by atoms with Crippen molar-refractivity contribution in [3.05, 3.63) is 29.8 Å². The fraction of sp³-hybridized carbons (Fsp3) is 0.333. The van der Waals surface area contributed by atoms with E-state index in [1.807, 2.05) is 0 Å². The number of ether oxygens (including phenoxy) is 2. The number of aromatic nitrogens is 2. The van der Waals surface area contributed by atoms with Gasteiger partial charge in [0.2, 0.25) is 5.82 Å². The standard InChI is InChI=1S/C12H12FN3O3/c13-8-5-7(1-2-9(8)14)12-15-11(16-19-12)10-6-17-3-4-18-10/h1-2,5,10H,3-4,6,14H2. The van der Waals surface area contributed by atoms with E-state index in [4.69, 9.17) is 19.7 Å². The first-order chi connectivity index (χ1) is 9.24. The van der Waals surface area contributed by atoms with Crippen LogP contribution in [-0.4, -0.2) is 30.0 Å². The molecule has 6 nitrogen and oxygen atoms in total. The van der Waals surface area contributed by atoms with Crippen molar-refractivity contribution < 1.29 is 18.4 Å². The summed E-state index contributed by atoms with van der Waals surface area (Å²) in [5.41, 5.74) is 5.96. The van der Waals surface area contributed by atoms with Gasteiger partial charge in [0.05, 0.1) is 25.5 Å². The third-order valence-corrected chi connectivity index (χ3v) is 2.79. The summed E-state index contributed by atoms with van der Waals surface area (Å²) in [4.78, 5) is 4.18. The Morgan fingerprint density at radius 1 is 1.32 bits per heavy atom. The van der Waals surface area contributed by atoms with Gasteiger partial charge in [0.15, 0.2) is 0 Å². The lowest BCUT2D eigenvalue weighted by molar-refractivity contribution is -0.0941. The Kier molecular flexibility index (Phi) is 3.14. The third-order valence-electron chi connectivity index (χ3n) is 2.79. The highest BCUT2D eigenvalue weighted by molar-refractivity contribution is 5.57. The molecule has 1 aromatic carbocycles. The van der Waals surface area contributed by atoms with Gasteiger partial charge in [0.25, 0.3) is 5.89 Å². The molecule has 0 bridgehead atoms. The van der Waals surface area contributed by atoms with Crippen molar-refractivity contribution in [1.29, 1.82) is 0 Å². The number of nitrogens with two attached hydrogens (primary N) is 1. The van der Waals surface area contributed by atoms with Crippen molar-refractivity contribution in [3.8, 4) is 11.5 Å². The summed E-state index contributed by atoms with van der Waals surface area (Å²) in [5.74, 6) is 0.101. The Morgan fingerprint density at radius 2 is 2.21 bits per heavy atom. The molecule has 0 aliphatic carbocycles. The maximum absolute atomic E-state index is 13.4. The van der Waals surface area contributed by atoms with Gasteiger partial charge in [-0.05, 0) is 18.2 Å². The first-order valence-electron chi connectivity index (χ1n) is 5.82. The van der Waals surface area contributed by atoms with Crippen molar-refractivity contribution in [2.24, 2.45) is 0 Å². The number of halogens is 1. The monoisotopic (exact) mass is 265 g/mol. The van der Waals surface area contributed by atoms with Gasteiger partial charge in [-0.15, -0.1) is 0 Å². The molecule has 3 rings (SSSR count). The quantitative estimate of drug-likeness (QED) is 0.829. The highest BCUT2D eigenvalue weighted by Gasteiger charge is 2.22. The van der Waals surface area contributed by atoms with E-state index in [0.717, 1.165) is 0 Å². The molecule has 100 valence electrons. The molecule has 0 radical (unpaired) electrons. The molecule has 2 aromatic rings. The molecule has 1 aliphatic heterocycles. The number of anilines is 1. The van der Waals surface area contributed by atoms with Gasteiger partial charge in [0, 0.05) is 5.56 Å². The lowest BCUT2D eigenvalue weighted by atomic mass is 10.2. The van der Waals surface area contributed by atoms with Crippen LogP contribution in [0.4, 0.5) is 10.1 Å². The number of hydrogen-bond acceptors (Lipinski definition) is 6. The summed E-state index contributed by atoms with van der Waals surface area (Å²) in [6, 6.07) is 4.33. The van der Waals surface area contributed by atoms with Gasteiger partial charge in [-0.25, -0.2) is 4.39 Å². The van der Waals surface area contributed by atoms with Crippen LogP contribution >= 0.6 is 0 Å². The molecule has 0 spiro atoms. The van der Waals surface area contributed by atoms with Crippen molar-refractivity contribution in [2.45, 2.75) is 6.10 Å². The summed E-state index contributed by atoms with van der Waals surface area (Å²) in [6.45, 7) is 1.44.